The molecule has 1 aromatic heterocycles. The number of carbonyl (C=O) groups is 1. The highest BCUT2D eigenvalue weighted by Gasteiger charge is 2.15. The van der Waals surface area contributed by atoms with E-state index in [1.807, 2.05) is 55.9 Å². The van der Waals surface area contributed by atoms with Crippen molar-refractivity contribution in [3.8, 4) is 0 Å². The highest BCUT2D eigenvalue weighted by Crippen LogP contribution is 2.11. The molecule has 0 aliphatic heterocycles. The molecule has 2 rings (SSSR count). The number of rotatable bonds is 5. The molecule has 0 aliphatic rings. The molecule has 1 atom stereocenters. The molecule has 0 saturated carbocycles. The van der Waals surface area contributed by atoms with Gasteiger partial charge in [-0.25, -0.2) is 0 Å². The van der Waals surface area contributed by atoms with E-state index in [9.17, 15) is 4.79 Å². The number of benzene rings is 1. The zero-order chi connectivity index (χ0) is 15.4. The van der Waals surface area contributed by atoms with E-state index in [1.165, 1.54) is 0 Å². The molecule has 0 saturated heterocycles. The lowest BCUT2D eigenvalue weighted by atomic mass is 10.1. The van der Waals surface area contributed by atoms with Crippen LogP contribution in [0, 0.1) is 13.8 Å². The Bertz CT molecular complexity index is 619. The summed E-state index contributed by atoms with van der Waals surface area (Å²) in [7, 11) is 1.90. The number of nitrogens with zero attached hydrogens (tertiary/aromatic N) is 2. The Hall–Kier alpha value is -2.14. The largest absolute Gasteiger partial charge is 0.351 e. The summed E-state index contributed by atoms with van der Waals surface area (Å²) in [6, 6.07) is 9.25. The molecule has 3 N–H and O–H groups in total. The molecular formula is C16H22N4O. The summed E-state index contributed by atoms with van der Waals surface area (Å²) >= 11 is 0. The van der Waals surface area contributed by atoms with Gasteiger partial charge in [0.15, 0.2) is 0 Å². The Labute approximate surface area is 125 Å². The van der Waals surface area contributed by atoms with Crippen LogP contribution in [-0.4, -0.2) is 21.7 Å². The van der Waals surface area contributed by atoms with Crippen LogP contribution in [0.5, 0.6) is 0 Å². The summed E-state index contributed by atoms with van der Waals surface area (Å²) in [6.45, 7) is 4.40. The number of amides is 1. The molecule has 112 valence electrons. The maximum Gasteiger partial charge on any atom is 0.237 e. The molecule has 5 heteroatoms. The van der Waals surface area contributed by atoms with Crippen LogP contribution < -0.4 is 11.1 Å². The molecule has 2 aromatic rings. The fourth-order valence-corrected chi connectivity index (χ4v) is 2.34. The van der Waals surface area contributed by atoms with Crippen LogP contribution in [0.15, 0.2) is 30.3 Å². The van der Waals surface area contributed by atoms with Crippen molar-refractivity contribution in [1.29, 1.82) is 0 Å². The van der Waals surface area contributed by atoms with Gasteiger partial charge in [0, 0.05) is 24.8 Å². The summed E-state index contributed by atoms with van der Waals surface area (Å²) in [6.07, 6.45) is 0.539. The third kappa shape index (κ3) is 3.70. The monoisotopic (exact) mass is 286 g/mol. The molecule has 1 heterocycles. The number of nitrogens with two attached hydrogens (primary N) is 1. The first kappa shape index (κ1) is 15.3. The lowest BCUT2D eigenvalue weighted by Gasteiger charge is -2.12. The second kappa shape index (κ2) is 6.54. The zero-order valence-corrected chi connectivity index (χ0v) is 12.8. The van der Waals surface area contributed by atoms with Gasteiger partial charge in [-0.05, 0) is 25.8 Å². The van der Waals surface area contributed by atoms with Crippen LogP contribution in [0.4, 0.5) is 0 Å². The van der Waals surface area contributed by atoms with Gasteiger partial charge >= 0.3 is 0 Å². The lowest BCUT2D eigenvalue weighted by molar-refractivity contribution is -0.122. The number of hydrogen-bond acceptors (Lipinski definition) is 3. The minimum Gasteiger partial charge on any atom is -0.351 e. The maximum absolute atomic E-state index is 12.1. The smallest absolute Gasteiger partial charge is 0.237 e. The van der Waals surface area contributed by atoms with Crippen molar-refractivity contribution in [3.05, 3.63) is 52.8 Å². The molecule has 0 fully saturated rings. The van der Waals surface area contributed by atoms with Crippen molar-refractivity contribution in [2.75, 3.05) is 0 Å². The fraction of sp³-hybridized carbons (Fsp3) is 0.375. The standard InChI is InChI=1S/C16H22N4O/c1-11-14(12(2)20(3)19-11)10-18-16(21)15(17)9-13-7-5-4-6-8-13/h4-8,15H,9-10,17H2,1-3H3,(H,18,21). The highest BCUT2D eigenvalue weighted by atomic mass is 16.2. The summed E-state index contributed by atoms with van der Waals surface area (Å²) < 4.78 is 1.82. The first-order valence-corrected chi connectivity index (χ1v) is 7.05. The zero-order valence-electron chi connectivity index (χ0n) is 12.8. The molecular weight excluding hydrogens is 264 g/mol. The van der Waals surface area contributed by atoms with E-state index in [0.717, 1.165) is 22.5 Å². The van der Waals surface area contributed by atoms with E-state index in [1.54, 1.807) is 0 Å². The highest BCUT2D eigenvalue weighted by molar-refractivity contribution is 5.81. The van der Waals surface area contributed by atoms with Crippen molar-refractivity contribution in [1.82, 2.24) is 15.1 Å². The van der Waals surface area contributed by atoms with Crippen LogP contribution in [0.25, 0.3) is 0 Å². The Morgan fingerprint density at radius 1 is 1.33 bits per heavy atom. The minimum absolute atomic E-state index is 0.137. The Morgan fingerprint density at radius 3 is 2.57 bits per heavy atom. The number of hydrogen-bond donors (Lipinski definition) is 2. The van der Waals surface area contributed by atoms with Gasteiger partial charge in [-0.1, -0.05) is 30.3 Å². The second-order valence-corrected chi connectivity index (χ2v) is 5.29. The van der Waals surface area contributed by atoms with Crippen LogP contribution in [0.2, 0.25) is 0 Å². The molecule has 0 spiro atoms. The molecule has 1 amide bonds. The van der Waals surface area contributed by atoms with E-state index in [0.29, 0.717) is 13.0 Å². The van der Waals surface area contributed by atoms with Crippen molar-refractivity contribution >= 4 is 5.91 Å². The predicted octanol–water partition coefficient (Wildman–Crippen LogP) is 1.22. The number of aromatic nitrogens is 2. The molecule has 1 unspecified atom stereocenters. The normalized spacial score (nSPS) is 12.2. The lowest BCUT2D eigenvalue weighted by Crippen LogP contribution is -2.41. The van der Waals surface area contributed by atoms with Gasteiger partial charge in [0.2, 0.25) is 5.91 Å². The first-order valence-electron chi connectivity index (χ1n) is 7.05. The second-order valence-electron chi connectivity index (χ2n) is 5.29. The Balaban J connectivity index is 1.92. The quantitative estimate of drug-likeness (QED) is 0.868. The van der Waals surface area contributed by atoms with E-state index >= 15 is 0 Å². The molecule has 0 radical (unpaired) electrons. The SMILES string of the molecule is Cc1nn(C)c(C)c1CNC(=O)C(N)Cc1ccccc1. The van der Waals surface area contributed by atoms with Crippen LogP contribution >= 0.6 is 0 Å². The van der Waals surface area contributed by atoms with E-state index in [-0.39, 0.29) is 5.91 Å². The summed E-state index contributed by atoms with van der Waals surface area (Å²) in [5, 5.41) is 7.23. The van der Waals surface area contributed by atoms with Gasteiger partial charge in [-0.2, -0.15) is 5.10 Å². The van der Waals surface area contributed by atoms with Gasteiger partial charge < -0.3 is 11.1 Å². The van der Waals surface area contributed by atoms with Gasteiger partial charge in [-0.15, -0.1) is 0 Å². The molecule has 0 bridgehead atoms. The molecule has 0 aliphatic carbocycles. The van der Waals surface area contributed by atoms with Gasteiger partial charge in [-0.3, -0.25) is 9.48 Å². The Morgan fingerprint density at radius 2 is 2.00 bits per heavy atom. The first-order chi connectivity index (χ1) is 9.99. The minimum atomic E-state index is -0.537. The van der Waals surface area contributed by atoms with Crippen LogP contribution in [0.3, 0.4) is 0 Å². The fourth-order valence-electron chi connectivity index (χ4n) is 2.34. The number of nitrogens with one attached hydrogen (secondary N) is 1. The van der Waals surface area contributed by atoms with E-state index < -0.39 is 6.04 Å². The van der Waals surface area contributed by atoms with Gasteiger partial charge in [0.1, 0.15) is 0 Å². The maximum atomic E-state index is 12.1. The van der Waals surface area contributed by atoms with Crippen molar-refractivity contribution < 1.29 is 4.79 Å². The third-order valence-electron chi connectivity index (χ3n) is 3.73. The predicted molar refractivity (Wildman–Crippen MR) is 82.7 cm³/mol. The molecule has 1 aromatic carbocycles. The Kier molecular flexibility index (Phi) is 4.75. The number of carbonyl (C=O) groups excluding carboxylic acids is 1. The topological polar surface area (TPSA) is 72.9 Å². The van der Waals surface area contributed by atoms with Gasteiger partial charge in [0.05, 0.1) is 11.7 Å². The third-order valence-corrected chi connectivity index (χ3v) is 3.73. The average molecular weight is 286 g/mol. The summed E-state index contributed by atoms with van der Waals surface area (Å²) in [5.41, 5.74) is 10.1. The van der Waals surface area contributed by atoms with E-state index in [2.05, 4.69) is 10.4 Å². The van der Waals surface area contributed by atoms with Crippen molar-refractivity contribution in [2.45, 2.75) is 32.9 Å². The van der Waals surface area contributed by atoms with Crippen molar-refractivity contribution in [3.63, 3.8) is 0 Å². The number of aryl methyl sites for hydroxylation is 2. The van der Waals surface area contributed by atoms with Crippen LogP contribution in [0.1, 0.15) is 22.5 Å². The molecule has 5 nitrogen and oxygen atoms in total. The van der Waals surface area contributed by atoms with Crippen molar-refractivity contribution in [2.24, 2.45) is 12.8 Å². The summed E-state index contributed by atoms with van der Waals surface area (Å²) in [5.74, 6) is -0.137. The average Bonchev–Trinajstić information content (AvgIpc) is 2.71. The van der Waals surface area contributed by atoms with Gasteiger partial charge in [0.25, 0.3) is 0 Å². The van der Waals surface area contributed by atoms with Crippen LogP contribution in [-0.2, 0) is 24.8 Å². The summed E-state index contributed by atoms with van der Waals surface area (Å²) in [4.78, 5) is 12.1. The molecule has 21 heavy (non-hydrogen) atoms. The van der Waals surface area contributed by atoms with E-state index in [4.69, 9.17) is 5.73 Å².